The van der Waals surface area contributed by atoms with E-state index in [1.807, 2.05) is 24.4 Å². The molecule has 0 unspecified atom stereocenters. The topological polar surface area (TPSA) is 41.4 Å². The molecule has 3 aromatic rings. The number of rotatable bonds is 4. The van der Waals surface area contributed by atoms with Crippen molar-refractivity contribution >= 4 is 17.2 Å². The quantitative estimate of drug-likeness (QED) is 0.715. The van der Waals surface area contributed by atoms with Gasteiger partial charge in [-0.3, -0.25) is 14.7 Å². The summed E-state index contributed by atoms with van der Waals surface area (Å²) in [4.78, 5) is 23.1. The van der Waals surface area contributed by atoms with Gasteiger partial charge in [-0.2, -0.15) is 0 Å². The molecule has 2 atom stereocenters. The third kappa shape index (κ3) is 2.66. The van der Waals surface area contributed by atoms with Crippen molar-refractivity contribution in [1.82, 2.24) is 19.4 Å². The SMILES string of the molecule is O=C1c2cccn2[C@H]2CN(Cc3cccnc3)C[C@@H]2N1Cc1cccs1. The fourth-order valence-electron chi connectivity index (χ4n) is 4.23. The number of carbonyl (C=O) groups excluding carboxylic acids is 1. The molecule has 3 aromatic heterocycles. The van der Waals surface area contributed by atoms with E-state index in [2.05, 4.69) is 49.1 Å². The average molecular weight is 364 g/mol. The fraction of sp³-hybridized carbons (Fsp3) is 0.300. The first-order valence-electron chi connectivity index (χ1n) is 8.91. The summed E-state index contributed by atoms with van der Waals surface area (Å²) < 4.78 is 2.18. The summed E-state index contributed by atoms with van der Waals surface area (Å²) in [6.07, 6.45) is 5.79. The van der Waals surface area contributed by atoms with Crippen molar-refractivity contribution in [3.8, 4) is 0 Å². The van der Waals surface area contributed by atoms with Crippen molar-refractivity contribution in [2.45, 2.75) is 25.2 Å². The van der Waals surface area contributed by atoms with Crippen LogP contribution in [0, 0.1) is 0 Å². The Bertz CT molecular complexity index is 905. The second-order valence-electron chi connectivity index (χ2n) is 7.00. The Morgan fingerprint density at radius 2 is 2.00 bits per heavy atom. The minimum atomic E-state index is 0.146. The summed E-state index contributed by atoms with van der Waals surface area (Å²) in [6, 6.07) is 12.7. The highest BCUT2D eigenvalue weighted by Crippen LogP contribution is 2.35. The smallest absolute Gasteiger partial charge is 0.271 e. The van der Waals surface area contributed by atoms with Crippen molar-refractivity contribution in [3.05, 3.63) is 76.5 Å². The van der Waals surface area contributed by atoms with Gasteiger partial charge in [0.2, 0.25) is 0 Å². The van der Waals surface area contributed by atoms with E-state index in [1.165, 1.54) is 10.4 Å². The van der Waals surface area contributed by atoms with Gasteiger partial charge in [-0.25, -0.2) is 0 Å². The zero-order chi connectivity index (χ0) is 17.5. The Morgan fingerprint density at radius 3 is 2.81 bits per heavy atom. The monoisotopic (exact) mass is 364 g/mol. The number of carbonyl (C=O) groups is 1. The van der Waals surface area contributed by atoms with Crippen LogP contribution in [0.25, 0.3) is 0 Å². The molecule has 132 valence electrons. The number of pyridine rings is 1. The first kappa shape index (κ1) is 15.8. The van der Waals surface area contributed by atoms with Gasteiger partial charge in [-0.1, -0.05) is 12.1 Å². The van der Waals surface area contributed by atoms with Crippen LogP contribution in [0.5, 0.6) is 0 Å². The molecule has 2 aliphatic heterocycles. The van der Waals surface area contributed by atoms with Gasteiger partial charge in [-0.15, -0.1) is 11.3 Å². The number of amides is 1. The van der Waals surface area contributed by atoms with E-state index in [0.29, 0.717) is 12.6 Å². The van der Waals surface area contributed by atoms with Crippen molar-refractivity contribution in [3.63, 3.8) is 0 Å². The molecule has 6 heteroatoms. The molecule has 5 heterocycles. The van der Waals surface area contributed by atoms with Crippen LogP contribution in [0.1, 0.15) is 27.0 Å². The summed E-state index contributed by atoms with van der Waals surface area (Å²) in [5, 5.41) is 2.08. The van der Waals surface area contributed by atoms with Crippen LogP contribution in [0.3, 0.4) is 0 Å². The lowest BCUT2D eigenvalue weighted by Gasteiger charge is -2.38. The largest absolute Gasteiger partial charge is 0.337 e. The zero-order valence-electron chi connectivity index (χ0n) is 14.4. The maximum Gasteiger partial charge on any atom is 0.271 e. The Morgan fingerprint density at radius 1 is 1.08 bits per heavy atom. The maximum atomic E-state index is 13.1. The number of nitrogens with zero attached hydrogens (tertiary/aromatic N) is 4. The van der Waals surface area contributed by atoms with Gasteiger partial charge in [-0.05, 0) is 35.2 Å². The summed E-state index contributed by atoms with van der Waals surface area (Å²) in [7, 11) is 0. The number of likely N-dealkylation sites (tertiary alicyclic amines) is 1. The molecule has 0 aliphatic carbocycles. The molecule has 5 rings (SSSR count). The number of hydrogen-bond donors (Lipinski definition) is 0. The van der Waals surface area contributed by atoms with Gasteiger partial charge in [0, 0.05) is 43.1 Å². The molecule has 1 saturated heterocycles. The molecular weight excluding hydrogens is 344 g/mol. The third-order valence-corrected chi connectivity index (χ3v) is 6.25. The zero-order valence-corrected chi connectivity index (χ0v) is 15.2. The van der Waals surface area contributed by atoms with Crippen molar-refractivity contribution in [1.29, 1.82) is 0 Å². The number of hydrogen-bond acceptors (Lipinski definition) is 4. The summed E-state index contributed by atoms with van der Waals surface area (Å²) >= 11 is 1.72. The second kappa shape index (κ2) is 6.37. The summed E-state index contributed by atoms with van der Waals surface area (Å²) in [5.74, 6) is 0.146. The second-order valence-corrected chi connectivity index (χ2v) is 8.04. The van der Waals surface area contributed by atoms with Crippen LogP contribution in [0.15, 0.2) is 60.4 Å². The van der Waals surface area contributed by atoms with Crippen molar-refractivity contribution in [2.24, 2.45) is 0 Å². The van der Waals surface area contributed by atoms with E-state index in [9.17, 15) is 4.79 Å². The average Bonchev–Trinajstić information content (AvgIpc) is 3.39. The van der Waals surface area contributed by atoms with Gasteiger partial charge in [0.05, 0.1) is 18.6 Å². The van der Waals surface area contributed by atoms with Gasteiger partial charge in [0.25, 0.3) is 5.91 Å². The molecular formula is C20H20N4OS. The summed E-state index contributed by atoms with van der Waals surface area (Å²) in [5.41, 5.74) is 2.03. The summed E-state index contributed by atoms with van der Waals surface area (Å²) in [6.45, 7) is 3.42. The van der Waals surface area contributed by atoms with E-state index in [-0.39, 0.29) is 11.9 Å². The number of fused-ring (bicyclic) bond motifs is 3. The normalized spacial score (nSPS) is 22.5. The van der Waals surface area contributed by atoms with Crippen LogP contribution in [-0.4, -0.2) is 44.4 Å². The lowest BCUT2D eigenvalue weighted by atomic mass is 10.1. The first-order chi connectivity index (χ1) is 12.8. The predicted molar refractivity (Wildman–Crippen MR) is 101 cm³/mol. The third-order valence-electron chi connectivity index (χ3n) is 5.39. The molecule has 0 radical (unpaired) electrons. The lowest BCUT2D eigenvalue weighted by molar-refractivity contribution is 0.0559. The van der Waals surface area contributed by atoms with Gasteiger partial charge >= 0.3 is 0 Å². The molecule has 0 bridgehead atoms. The van der Waals surface area contributed by atoms with E-state index >= 15 is 0 Å². The predicted octanol–water partition coefficient (Wildman–Crippen LogP) is 3.03. The van der Waals surface area contributed by atoms with Crippen LogP contribution in [-0.2, 0) is 13.1 Å². The molecule has 0 N–H and O–H groups in total. The molecule has 0 spiro atoms. The minimum absolute atomic E-state index is 0.146. The van der Waals surface area contributed by atoms with E-state index in [0.717, 1.165) is 25.3 Å². The number of thiophene rings is 1. The highest BCUT2D eigenvalue weighted by atomic mass is 32.1. The van der Waals surface area contributed by atoms with Gasteiger partial charge < -0.3 is 9.47 Å². The minimum Gasteiger partial charge on any atom is -0.337 e. The Hall–Kier alpha value is -2.44. The maximum absolute atomic E-state index is 13.1. The van der Waals surface area contributed by atoms with E-state index in [1.54, 1.807) is 17.5 Å². The molecule has 0 aromatic carbocycles. The Balaban J connectivity index is 1.44. The van der Waals surface area contributed by atoms with Crippen LogP contribution in [0.2, 0.25) is 0 Å². The van der Waals surface area contributed by atoms with Crippen LogP contribution < -0.4 is 0 Å². The molecule has 26 heavy (non-hydrogen) atoms. The highest BCUT2D eigenvalue weighted by molar-refractivity contribution is 7.09. The van der Waals surface area contributed by atoms with Crippen LogP contribution >= 0.6 is 11.3 Å². The molecule has 2 aliphatic rings. The molecule has 5 nitrogen and oxygen atoms in total. The fourth-order valence-corrected chi connectivity index (χ4v) is 4.93. The molecule has 1 amide bonds. The van der Waals surface area contributed by atoms with Crippen LogP contribution in [0.4, 0.5) is 0 Å². The molecule has 0 saturated carbocycles. The standard InChI is InChI=1S/C20H20N4OS/c25-20-17-6-2-8-23(17)18-13-22(11-15-4-1-7-21-10-15)14-19(18)24(20)12-16-5-3-9-26-16/h1-10,18-19H,11-14H2/t18-,19-/m0/s1. The number of aromatic nitrogens is 2. The lowest BCUT2D eigenvalue weighted by Crippen LogP contribution is -2.49. The first-order valence-corrected chi connectivity index (χ1v) is 9.79. The van der Waals surface area contributed by atoms with Gasteiger partial charge in [0.15, 0.2) is 0 Å². The Labute approximate surface area is 156 Å². The Kier molecular flexibility index (Phi) is 3.87. The highest BCUT2D eigenvalue weighted by Gasteiger charge is 2.44. The van der Waals surface area contributed by atoms with E-state index in [4.69, 9.17) is 0 Å². The van der Waals surface area contributed by atoms with E-state index < -0.39 is 0 Å². The molecule has 1 fully saturated rings. The van der Waals surface area contributed by atoms with Crippen molar-refractivity contribution in [2.75, 3.05) is 13.1 Å². The van der Waals surface area contributed by atoms with Gasteiger partial charge in [0.1, 0.15) is 5.69 Å². The van der Waals surface area contributed by atoms with Crippen molar-refractivity contribution < 1.29 is 4.79 Å².